The number of nitrogens with one attached hydrogen (secondary N) is 1. The number of ether oxygens (including phenoxy) is 2. The van der Waals surface area contributed by atoms with Crippen molar-refractivity contribution in [3.8, 4) is 0 Å². The molecule has 2 aromatic rings. The van der Waals surface area contributed by atoms with E-state index in [1.54, 1.807) is 11.1 Å². The van der Waals surface area contributed by atoms with Gasteiger partial charge in [0, 0.05) is 32.5 Å². The van der Waals surface area contributed by atoms with E-state index >= 15 is 0 Å². The van der Waals surface area contributed by atoms with Crippen LogP contribution in [0.3, 0.4) is 0 Å². The molecule has 0 bridgehead atoms. The number of anilines is 1. The van der Waals surface area contributed by atoms with E-state index in [1.165, 1.54) is 17.3 Å². The summed E-state index contributed by atoms with van der Waals surface area (Å²) >= 11 is 0. The molecule has 27 heavy (non-hydrogen) atoms. The van der Waals surface area contributed by atoms with Crippen LogP contribution in [0.2, 0.25) is 0 Å². The zero-order valence-electron chi connectivity index (χ0n) is 15.5. The first-order chi connectivity index (χ1) is 13.1. The number of carbonyl (C=O) groups excluding carboxylic acids is 1. The fourth-order valence-corrected chi connectivity index (χ4v) is 3.54. The Hall–Kier alpha value is -2.51. The third-order valence-corrected chi connectivity index (χ3v) is 5.05. The molecule has 2 fully saturated rings. The van der Waals surface area contributed by atoms with E-state index in [1.807, 2.05) is 6.07 Å². The van der Waals surface area contributed by atoms with E-state index in [-0.39, 0.29) is 5.91 Å². The van der Waals surface area contributed by atoms with Crippen molar-refractivity contribution < 1.29 is 14.3 Å². The van der Waals surface area contributed by atoms with Crippen LogP contribution in [-0.2, 0) is 16.0 Å². The number of hydrogen-bond acceptors (Lipinski definition) is 6. The minimum absolute atomic E-state index is 0.0967. The summed E-state index contributed by atoms with van der Waals surface area (Å²) in [6, 6.07) is 8.28. The average Bonchev–Trinajstić information content (AvgIpc) is 3.15. The Kier molecular flexibility index (Phi) is 5.05. The second-order valence-corrected chi connectivity index (χ2v) is 7.03. The fourth-order valence-electron chi connectivity index (χ4n) is 3.54. The van der Waals surface area contributed by atoms with E-state index in [4.69, 9.17) is 9.47 Å². The molecular weight excluding hydrogens is 344 g/mol. The molecule has 2 aliphatic heterocycles. The highest BCUT2D eigenvalue weighted by Crippen LogP contribution is 2.31. The van der Waals surface area contributed by atoms with Crippen LogP contribution in [-0.4, -0.2) is 52.9 Å². The van der Waals surface area contributed by atoms with Crippen LogP contribution in [0.1, 0.15) is 34.5 Å². The molecule has 1 amide bonds. The van der Waals surface area contributed by atoms with E-state index < -0.39 is 5.79 Å². The van der Waals surface area contributed by atoms with Gasteiger partial charge in [-0.05, 0) is 12.5 Å². The van der Waals surface area contributed by atoms with Crippen molar-refractivity contribution in [1.82, 2.24) is 14.9 Å². The number of nitrogens with zero attached hydrogens (tertiary/aromatic N) is 3. The Morgan fingerprint density at radius 2 is 1.96 bits per heavy atom. The Labute approximate surface area is 158 Å². The Morgan fingerprint density at radius 3 is 2.63 bits per heavy atom. The van der Waals surface area contributed by atoms with E-state index in [0.29, 0.717) is 57.2 Å². The van der Waals surface area contributed by atoms with Gasteiger partial charge in [0.25, 0.3) is 5.91 Å². The van der Waals surface area contributed by atoms with Crippen LogP contribution in [0.5, 0.6) is 0 Å². The molecule has 1 aromatic heterocycles. The molecule has 1 aromatic carbocycles. The standard InChI is InChI=1S/C20H24N4O3/c1-15-3-2-4-16(11-15)12-22-18-14-21-17(13-23-18)19(25)24-7-5-20(6-8-24)26-9-10-27-20/h2-4,11,13-14H,5-10,12H2,1H3,(H,22,23). The first-order valence-corrected chi connectivity index (χ1v) is 9.32. The number of aryl methyl sites for hydroxylation is 1. The number of likely N-dealkylation sites (tertiary alicyclic amines) is 1. The van der Waals surface area contributed by atoms with Crippen LogP contribution in [0, 0.1) is 6.92 Å². The molecule has 142 valence electrons. The topological polar surface area (TPSA) is 76.6 Å². The van der Waals surface area contributed by atoms with Crippen molar-refractivity contribution in [2.75, 3.05) is 31.6 Å². The van der Waals surface area contributed by atoms with Gasteiger partial charge in [-0.3, -0.25) is 4.79 Å². The summed E-state index contributed by atoms with van der Waals surface area (Å²) in [7, 11) is 0. The van der Waals surface area contributed by atoms with Crippen molar-refractivity contribution in [2.24, 2.45) is 0 Å². The van der Waals surface area contributed by atoms with Gasteiger partial charge < -0.3 is 19.7 Å². The predicted molar refractivity (Wildman–Crippen MR) is 100 cm³/mol. The Balaban J connectivity index is 1.32. The minimum atomic E-state index is -0.480. The lowest BCUT2D eigenvalue weighted by Gasteiger charge is -2.37. The largest absolute Gasteiger partial charge is 0.365 e. The smallest absolute Gasteiger partial charge is 0.274 e. The molecular formula is C20H24N4O3. The molecule has 0 unspecified atom stereocenters. The number of rotatable bonds is 4. The molecule has 0 atom stereocenters. The molecule has 2 aliphatic rings. The highest BCUT2D eigenvalue weighted by atomic mass is 16.7. The summed E-state index contributed by atoms with van der Waals surface area (Å²) < 4.78 is 11.4. The molecule has 1 spiro atoms. The molecule has 7 nitrogen and oxygen atoms in total. The normalized spacial score (nSPS) is 18.6. The van der Waals surface area contributed by atoms with Crippen molar-refractivity contribution in [3.05, 3.63) is 53.5 Å². The maximum absolute atomic E-state index is 12.7. The molecule has 0 radical (unpaired) electrons. The van der Waals surface area contributed by atoms with Crippen LogP contribution in [0.25, 0.3) is 0 Å². The van der Waals surface area contributed by atoms with E-state index in [2.05, 4.69) is 40.4 Å². The Morgan fingerprint density at radius 1 is 1.19 bits per heavy atom. The molecule has 2 saturated heterocycles. The number of amides is 1. The molecule has 4 rings (SSSR count). The lowest BCUT2D eigenvalue weighted by molar-refractivity contribution is -0.181. The minimum Gasteiger partial charge on any atom is -0.365 e. The van der Waals surface area contributed by atoms with Crippen molar-refractivity contribution in [1.29, 1.82) is 0 Å². The summed E-state index contributed by atoms with van der Waals surface area (Å²) in [5.74, 6) is 0.0745. The number of hydrogen-bond donors (Lipinski definition) is 1. The summed E-state index contributed by atoms with van der Waals surface area (Å²) in [4.78, 5) is 23.1. The Bertz CT molecular complexity index is 793. The van der Waals surface area contributed by atoms with Crippen LogP contribution in [0.4, 0.5) is 5.82 Å². The fraction of sp³-hybridized carbons (Fsp3) is 0.450. The first kappa shape index (κ1) is 17.9. The number of aromatic nitrogens is 2. The molecule has 7 heteroatoms. The summed E-state index contributed by atoms with van der Waals surface area (Å²) in [5.41, 5.74) is 2.76. The van der Waals surface area contributed by atoms with Crippen molar-refractivity contribution in [2.45, 2.75) is 32.1 Å². The quantitative estimate of drug-likeness (QED) is 0.893. The van der Waals surface area contributed by atoms with Gasteiger partial charge in [0.15, 0.2) is 5.79 Å². The number of benzene rings is 1. The summed E-state index contributed by atoms with van der Waals surface area (Å²) in [6.45, 7) is 5.21. The van der Waals surface area contributed by atoms with Gasteiger partial charge in [-0.15, -0.1) is 0 Å². The number of piperidine rings is 1. The van der Waals surface area contributed by atoms with Crippen LogP contribution >= 0.6 is 0 Å². The molecule has 0 saturated carbocycles. The van der Waals surface area contributed by atoms with Crippen molar-refractivity contribution >= 4 is 11.7 Å². The molecule has 3 heterocycles. The zero-order valence-corrected chi connectivity index (χ0v) is 15.5. The van der Waals surface area contributed by atoms with Crippen LogP contribution < -0.4 is 5.32 Å². The number of carbonyl (C=O) groups is 1. The van der Waals surface area contributed by atoms with Crippen LogP contribution in [0.15, 0.2) is 36.7 Å². The maximum atomic E-state index is 12.7. The third kappa shape index (κ3) is 4.09. The van der Waals surface area contributed by atoms with Gasteiger partial charge in [-0.2, -0.15) is 0 Å². The second kappa shape index (κ2) is 7.62. The lowest BCUT2D eigenvalue weighted by Crippen LogP contribution is -2.47. The van der Waals surface area contributed by atoms with E-state index in [9.17, 15) is 4.79 Å². The monoisotopic (exact) mass is 368 g/mol. The van der Waals surface area contributed by atoms with E-state index in [0.717, 1.165) is 0 Å². The van der Waals surface area contributed by atoms with Gasteiger partial charge in [-0.1, -0.05) is 29.8 Å². The van der Waals surface area contributed by atoms with Gasteiger partial charge in [0.2, 0.25) is 0 Å². The second-order valence-electron chi connectivity index (χ2n) is 7.03. The van der Waals surface area contributed by atoms with Gasteiger partial charge in [0.1, 0.15) is 11.5 Å². The first-order valence-electron chi connectivity index (χ1n) is 9.32. The van der Waals surface area contributed by atoms with Gasteiger partial charge in [0.05, 0.1) is 25.6 Å². The summed E-state index contributed by atoms with van der Waals surface area (Å²) in [5, 5.41) is 3.24. The molecule has 0 aliphatic carbocycles. The van der Waals surface area contributed by atoms with Crippen molar-refractivity contribution in [3.63, 3.8) is 0 Å². The average molecular weight is 368 g/mol. The summed E-state index contributed by atoms with van der Waals surface area (Å²) in [6.07, 6.45) is 4.54. The van der Waals surface area contributed by atoms with Gasteiger partial charge >= 0.3 is 0 Å². The highest BCUT2D eigenvalue weighted by molar-refractivity contribution is 5.92. The third-order valence-electron chi connectivity index (χ3n) is 5.05. The zero-order chi connectivity index (χ0) is 18.7. The SMILES string of the molecule is Cc1cccc(CNc2cnc(C(=O)N3CCC4(CC3)OCCO4)cn2)c1. The maximum Gasteiger partial charge on any atom is 0.274 e. The molecule has 1 N–H and O–H groups in total. The highest BCUT2D eigenvalue weighted by Gasteiger charge is 2.41. The van der Waals surface area contributed by atoms with Gasteiger partial charge in [-0.25, -0.2) is 9.97 Å². The lowest BCUT2D eigenvalue weighted by atomic mass is 10.0. The predicted octanol–water partition coefficient (Wildman–Crippen LogP) is 2.38.